The first-order chi connectivity index (χ1) is 6.68. The van der Waals surface area contributed by atoms with E-state index in [0.717, 1.165) is 0 Å². The lowest BCUT2D eigenvalue weighted by molar-refractivity contribution is -0.122. The molecule has 0 amide bonds. The Morgan fingerprint density at radius 3 is 2.43 bits per heavy atom. The molecule has 4 heteroatoms. The van der Waals surface area contributed by atoms with Crippen LogP contribution in [0.3, 0.4) is 0 Å². The number of carbonyl (C=O) groups is 1. The summed E-state index contributed by atoms with van der Waals surface area (Å²) < 4.78 is 10.9. The molecule has 1 aromatic carbocycles. The first kappa shape index (κ1) is 9.34. The monoisotopic (exact) mass is 212 g/mol. The van der Waals surface area contributed by atoms with Gasteiger partial charge in [0.1, 0.15) is 6.10 Å². The average molecular weight is 213 g/mol. The Morgan fingerprint density at radius 1 is 1.29 bits per heavy atom. The average Bonchev–Trinajstić information content (AvgIpc) is 2.16. The van der Waals surface area contributed by atoms with E-state index in [4.69, 9.17) is 21.1 Å². The van der Waals surface area contributed by atoms with Gasteiger partial charge in [0.15, 0.2) is 11.5 Å². The molecule has 2 rings (SSSR count). The molecule has 0 saturated carbocycles. The van der Waals surface area contributed by atoms with Crippen LogP contribution in [0.15, 0.2) is 24.3 Å². The van der Waals surface area contributed by atoms with Crippen molar-refractivity contribution in [1.29, 1.82) is 0 Å². The highest BCUT2D eigenvalue weighted by Crippen LogP contribution is 2.33. The normalized spacial score (nSPS) is 24.4. The molecule has 1 heterocycles. The van der Waals surface area contributed by atoms with Crippen molar-refractivity contribution < 1.29 is 14.3 Å². The molecule has 0 N–H and O–H groups in total. The fourth-order valence-electron chi connectivity index (χ4n) is 1.37. The van der Waals surface area contributed by atoms with Crippen LogP contribution in [0.1, 0.15) is 6.92 Å². The second kappa shape index (κ2) is 3.50. The predicted molar refractivity (Wildman–Crippen MR) is 51.8 cm³/mol. The highest BCUT2D eigenvalue weighted by molar-refractivity contribution is 6.64. The zero-order valence-electron chi connectivity index (χ0n) is 7.57. The van der Waals surface area contributed by atoms with E-state index in [2.05, 4.69) is 0 Å². The van der Waals surface area contributed by atoms with E-state index in [1.54, 1.807) is 19.1 Å². The summed E-state index contributed by atoms with van der Waals surface area (Å²) in [4.78, 5) is 11.0. The molecule has 74 valence electrons. The van der Waals surface area contributed by atoms with Crippen LogP contribution in [0.4, 0.5) is 0 Å². The summed E-state index contributed by atoms with van der Waals surface area (Å²) in [5, 5.41) is -0.535. The van der Waals surface area contributed by atoms with Gasteiger partial charge in [0.25, 0.3) is 5.24 Å². The van der Waals surface area contributed by atoms with Crippen LogP contribution in [0.2, 0.25) is 0 Å². The van der Waals surface area contributed by atoms with Crippen LogP contribution in [-0.2, 0) is 4.79 Å². The maximum absolute atomic E-state index is 11.0. The van der Waals surface area contributed by atoms with Crippen LogP contribution in [0.5, 0.6) is 11.5 Å². The molecule has 0 radical (unpaired) electrons. The number of fused-ring (bicyclic) bond motifs is 1. The molecule has 0 saturated heterocycles. The van der Waals surface area contributed by atoms with Crippen LogP contribution in [-0.4, -0.2) is 17.5 Å². The highest BCUT2D eigenvalue weighted by atomic mass is 35.5. The van der Waals surface area contributed by atoms with E-state index < -0.39 is 11.3 Å². The van der Waals surface area contributed by atoms with Gasteiger partial charge < -0.3 is 9.47 Å². The number of ether oxygens (including phenoxy) is 2. The number of rotatable bonds is 1. The lowest BCUT2D eigenvalue weighted by Gasteiger charge is -2.29. The smallest absolute Gasteiger partial charge is 0.266 e. The number of hydrogen-bond acceptors (Lipinski definition) is 3. The van der Waals surface area contributed by atoms with E-state index in [9.17, 15) is 4.79 Å². The van der Waals surface area contributed by atoms with Crippen molar-refractivity contribution in [1.82, 2.24) is 0 Å². The Bertz CT molecular complexity index is 364. The Hall–Kier alpha value is -1.22. The van der Waals surface area contributed by atoms with E-state index in [1.165, 1.54) is 0 Å². The first-order valence-electron chi connectivity index (χ1n) is 4.30. The van der Waals surface area contributed by atoms with E-state index in [0.29, 0.717) is 11.5 Å². The molecule has 0 aliphatic carbocycles. The fourth-order valence-corrected chi connectivity index (χ4v) is 1.59. The van der Waals surface area contributed by atoms with Crippen molar-refractivity contribution in [3.63, 3.8) is 0 Å². The van der Waals surface area contributed by atoms with E-state index in [-0.39, 0.29) is 6.10 Å². The van der Waals surface area contributed by atoms with Crippen LogP contribution in [0, 0.1) is 0 Å². The molecule has 3 nitrogen and oxygen atoms in total. The van der Waals surface area contributed by atoms with Crippen LogP contribution < -0.4 is 9.47 Å². The quantitative estimate of drug-likeness (QED) is 0.668. The third kappa shape index (κ3) is 1.55. The topological polar surface area (TPSA) is 35.5 Å². The molecule has 1 aromatic rings. The number of carbonyl (C=O) groups excluding carboxylic acids is 1. The number of halogens is 1. The van der Waals surface area contributed by atoms with Crippen molar-refractivity contribution in [2.24, 2.45) is 0 Å². The maximum Gasteiger partial charge on any atom is 0.266 e. The van der Waals surface area contributed by atoms with Crippen molar-refractivity contribution in [3.05, 3.63) is 24.3 Å². The SMILES string of the molecule is C[C@H]1Oc2ccccc2O[C@H]1C(=O)Cl. The summed E-state index contributed by atoms with van der Waals surface area (Å²) in [6, 6.07) is 7.19. The van der Waals surface area contributed by atoms with Gasteiger partial charge in [-0.25, -0.2) is 0 Å². The molecule has 0 spiro atoms. The standard InChI is InChI=1S/C10H9ClO3/c1-6-9(10(11)12)14-8-5-3-2-4-7(8)13-6/h2-6,9H,1H3/t6-,9-/m1/s1. The largest absolute Gasteiger partial charge is 0.482 e. The molecular weight excluding hydrogens is 204 g/mol. The molecule has 0 fully saturated rings. The van der Waals surface area contributed by atoms with Crippen molar-refractivity contribution in [2.75, 3.05) is 0 Å². The maximum atomic E-state index is 11.0. The fraction of sp³-hybridized carbons (Fsp3) is 0.300. The van der Waals surface area contributed by atoms with Gasteiger partial charge in [0, 0.05) is 0 Å². The zero-order valence-corrected chi connectivity index (χ0v) is 8.32. The molecule has 14 heavy (non-hydrogen) atoms. The van der Waals surface area contributed by atoms with Gasteiger partial charge in [-0.05, 0) is 30.7 Å². The minimum Gasteiger partial charge on any atom is -0.482 e. The minimum absolute atomic E-state index is 0.352. The van der Waals surface area contributed by atoms with Gasteiger partial charge in [0.2, 0.25) is 6.10 Å². The van der Waals surface area contributed by atoms with Gasteiger partial charge in [-0.3, -0.25) is 4.79 Å². The van der Waals surface area contributed by atoms with E-state index >= 15 is 0 Å². The van der Waals surface area contributed by atoms with Crippen molar-refractivity contribution >= 4 is 16.8 Å². The summed E-state index contributed by atoms with van der Waals surface area (Å²) in [6.45, 7) is 1.75. The lowest BCUT2D eigenvalue weighted by atomic mass is 10.2. The lowest BCUT2D eigenvalue weighted by Crippen LogP contribution is -2.41. The molecule has 1 aliphatic rings. The van der Waals surface area contributed by atoms with Crippen LogP contribution >= 0.6 is 11.6 Å². The second-order valence-electron chi connectivity index (χ2n) is 3.11. The van der Waals surface area contributed by atoms with Gasteiger partial charge in [-0.15, -0.1) is 0 Å². The Balaban J connectivity index is 2.31. The van der Waals surface area contributed by atoms with Crippen LogP contribution in [0.25, 0.3) is 0 Å². The Kier molecular flexibility index (Phi) is 2.33. The van der Waals surface area contributed by atoms with E-state index in [1.807, 2.05) is 12.1 Å². The molecule has 0 bridgehead atoms. The summed E-state index contributed by atoms with van der Waals surface area (Å²) in [6.07, 6.45) is -1.07. The van der Waals surface area contributed by atoms with Gasteiger partial charge in [-0.2, -0.15) is 0 Å². The van der Waals surface area contributed by atoms with Crippen molar-refractivity contribution in [2.45, 2.75) is 19.1 Å². The summed E-state index contributed by atoms with van der Waals surface area (Å²) >= 11 is 5.37. The summed E-state index contributed by atoms with van der Waals surface area (Å²) in [5.74, 6) is 1.21. The molecule has 0 aromatic heterocycles. The molecule has 1 aliphatic heterocycles. The minimum atomic E-state index is -0.716. The number of para-hydroxylation sites is 2. The highest BCUT2D eigenvalue weighted by Gasteiger charge is 2.32. The van der Waals surface area contributed by atoms with Gasteiger partial charge in [-0.1, -0.05) is 12.1 Å². The van der Waals surface area contributed by atoms with Gasteiger partial charge >= 0.3 is 0 Å². The van der Waals surface area contributed by atoms with Crippen molar-refractivity contribution in [3.8, 4) is 11.5 Å². The zero-order chi connectivity index (χ0) is 10.1. The third-order valence-corrected chi connectivity index (χ3v) is 2.28. The molecular formula is C10H9ClO3. The summed E-state index contributed by atoms with van der Waals surface area (Å²) in [5.41, 5.74) is 0. The first-order valence-corrected chi connectivity index (χ1v) is 4.68. The third-order valence-electron chi connectivity index (χ3n) is 2.07. The number of benzene rings is 1. The molecule has 0 unspecified atom stereocenters. The Morgan fingerprint density at radius 2 is 1.86 bits per heavy atom. The predicted octanol–water partition coefficient (Wildman–Crippen LogP) is 1.98. The number of hydrogen-bond donors (Lipinski definition) is 0. The Labute approximate surface area is 86.6 Å². The second-order valence-corrected chi connectivity index (χ2v) is 3.48. The molecule has 2 atom stereocenters. The summed E-state index contributed by atoms with van der Waals surface area (Å²) in [7, 11) is 0. The van der Waals surface area contributed by atoms with Gasteiger partial charge in [0.05, 0.1) is 0 Å².